The summed E-state index contributed by atoms with van der Waals surface area (Å²) in [5.41, 5.74) is 2.66. The maximum absolute atomic E-state index is 13.6. The number of nitrogens with zero attached hydrogens (tertiary/aromatic N) is 5. The van der Waals surface area contributed by atoms with Crippen LogP contribution in [0.3, 0.4) is 0 Å². The van der Waals surface area contributed by atoms with Gasteiger partial charge in [0, 0.05) is 67.5 Å². The van der Waals surface area contributed by atoms with Crippen LogP contribution in [0.25, 0.3) is 11.1 Å². The Morgan fingerprint density at radius 3 is 2.63 bits per heavy atom. The van der Waals surface area contributed by atoms with Gasteiger partial charge in [-0.1, -0.05) is 19.1 Å². The fourth-order valence-electron chi connectivity index (χ4n) is 4.25. The molecule has 0 amide bonds. The van der Waals surface area contributed by atoms with Crippen LogP contribution in [0.4, 0.5) is 0 Å². The number of ether oxygens (including phenoxy) is 1. The lowest BCUT2D eigenvalue weighted by atomic mass is 10.0. The van der Waals surface area contributed by atoms with Gasteiger partial charge in [0.2, 0.25) is 10.0 Å². The normalized spacial score (nSPS) is 20.9. The Labute approximate surface area is 206 Å². The van der Waals surface area contributed by atoms with Gasteiger partial charge in [-0.05, 0) is 37.7 Å². The van der Waals surface area contributed by atoms with E-state index in [1.165, 1.54) is 10.6 Å². The number of hydrogen-bond acceptors (Lipinski definition) is 8. The molecular weight excluding hydrogens is 466 g/mol. The molecule has 0 aliphatic carbocycles. The third-order valence-electron chi connectivity index (χ3n) is 6.22. The molecule has 0 radical (unpaired) electrons. The van der Waals surface area contributed by atoms with Crippen molar-refractivity contribution in [3.63, 3.8) is 0 Å². The minimum Gasteiger partial charge on any atom is -0.487 e. The van der Waals surface area contributed by atoms with Gasteiger partial charge in [-0.3, -0.25) is 9.88 Å². The molecule has 35 heavy (non-hydrogen) atoms. The zero-order chi connectivity index (χ0) is 25.0. The molecule has 10 heteroatoms. The van der Waals surface area contributed by atoms with Crippen molar-refractivity contribution in [3.05, 3.63) is 67.0 Å². The van der Waals surface area contributed by atoms with Crippen LogP contribution in [0.1, 0.15) is 19.4 Å². The number of benzene rings is 1. The van der Waals surface area contributed by atoms with Crippen LogP contribution >= 0.6 is 0 Å². The average molecular weight is 498 g/mol. The smallest absolute Gasteiger partial charge is 0.247 e. The average Bonchev–Trinajstić information content (AvgIpc) is 2.86. The van der Waals surface area contributed by atoms with E-state index >= 15 is 0 Å². The highest BCUT2D eigenvalue weighted by Crippen LogP contribution is 2.36. The molecule has 0 saturated carbocycles. The van der Waals surface area contributed by atoms with Crippen LogP contribution in [0, 0.1) is 5.92 Å². The molecule has 3 aromatic rings. The first kappa shape index (κ1) is 25.2. The van der Waals surface area contributed by atoms with Gasteiger partial charge in [-0.2, -0.15) is 4.31 Å². The summed E-state index contributed by atoms with van der Waals surface area (Å²) in [6.07, 6.45) is 8.18. The highest BCUT2D eigenvalue weighted by Gasteiger charge is 2.38. The van der Waals surface area contributed by atoms with E-state index in [1.807, 2.05) is 26.1 Å². The number of rotatable bonds is 7. The SMILES string of the molecule is C[C@@H]1CN([C@H](C)CO)S(=O)(=O)c2ccc(-c3cccnc3)cc2O[C@@H]1CN(C)Cc1cncnc1. The van der Waals surface area contributed by atoms with Gasteiger partial charge in [0.05, 0.1) is 6.61 Å². The topological polar surface area (TPSA) is 109 Å². The molecular formula is C25H31N5O4S. The number of sulfonamides is 1. The number of likely N-dealkylation sites (N-methyl/N-ethyl adjacent to an activating group) is 1. The first-order valence-electron chi connectivity index (χ1n) is 11.6. The molecule has 0 bridgehead atoms. The summed E-state index contributed by atoms with van der Waals surface area (Å²) in [4.78, 5) is 14.5. The number of hydrogen-bond donors (Lipinski definition) is 1. The van der Waals surface area contributed by atoms with E-state index in [2.05, 4.69) is 19.9 Å². The van der Waals surface area contributed by atoms with E-state index in [1.54, 1.807) is 49.9 Å². The maximum Gasteiger partial charge on any atom is 0.247 e. The van der Waals surface area contributed by atoms with Gasteiger partial charge in [0.1, 0.15) is 23.1 Å². The molecule has 3 atom stereocenters. The van der Waals surface area contributed by atoms with Crippen molar-refractivity contribution in [2.45, 2.75) is 37.4 Å². The van der Waals surface area contributed by atoms with Crippen molar-refractivity contribution >= 4 is 10.0 Å². The van der Waals surface area contributed by atoms with Crippen molar-refractivity contribution in [1.82, 2.24) is 24.2 Å². The van der Waals surface area contributed by atoms with Crippen LogP contribution in [0.5, 0.6) is 5.75 Å². The van der Waals surface area contributed by atoms with E-state index in [0.717, 1.165) is 16.7 Å². The summed E-state index contributed by atoms with van der Waals surface area (Å²) in [6, 6.07) is 8.30. The number of aromatic nitrogens is 3. The third-order valence-corrected chi connectivity index (χ3v) is 8.24. The molecule has 3 heterocycles. The monoisotopic (exact) mass is 497 g/mol. The molecule has 1 aliphatic rings. The molecule has 0 fully saturated rings. The van der Waals surface area contributed by atoms with Gasteiger partial charge in [0.25, 0.3) is 0 Å². The minimum absolute atomic E-state index is 0.0986. The van der Waals surface area contributed by atoms with E-state index in [9.17, 15) is 13.5 Å². The summed E-state index contributed by atoms with van der Waals surface area (Å²) < 4.78 is 35.1. The molecule has 0 saturated heterocycles. The fourth-order valence-corrected chi connectivity index (χ4v) is 6.08. The quantitative estimate of drug-likeness (QED) is 0.530. The maximum atomic E-state index is 13.6. The van der Waals surface area contributed by atoms with Gasteiger partial charge >= 0.3 is 0 Å². The highest BCUT2D eigenvalue weighted by atomic mass is 32.2. The molecule has 1 N–H and O–H groups in total. The Bertz CT molecular complexity index is 1230. The predicted molar refractivity (Wildman–Crippen MR) is 132 cm³/mol. The summed E-state index contributed by atoms with van der Waals surface area (Å²) in [6.45, 7) is 4.86. The summed E-state index contributed by atoms with van der Waals surface area (Å²) in [7, 11) is -1.90. The molecule has 186 valence electrons. The van der Waals surface area contributed by atoms with Crippen molar-refractivity contribution < 1.29 is 18.3 Å². The second-order valence-electron chi connectivity index (χ2n) is 9.09. The Morgan fingerprint density at radius 1 is 1.17 bits per heavy atom. The highest BCUT2D eigenvalue weighted by molar-refractivity contribution is 7.89. The molecule has 9 nitrogen and oxygen atoms in total. The molecule has 1 aliphatic heterocycles. The standard InChI is InChI=1S/C25H31N5O4S/c1-18-13-30(19(2)16-31)35(32,33)25-7-6-21(22-5-4-8-26-12-22)9-23(25)34-24(18)15-29(3)14-20-10-27-17-28-11-20/h4-12,17-19,24,31H,13-16H2,1-3H3/t18-,19-,24-/m1/s1. The Balaban J connectivity index is 1.72. The second-order valence-corrected chi connectivity index (χ2v) is 10.9. The van der Waals surface area contributed by atoms with E-state index in [4.69, 9.17) is 4.74 Å². The van der Waals surface area contributed by atoms with E-state index in [0.29, 0.717) is 18.8 Å². The third kappa shape index (κ3) is 5.67. The first-order valence-corrected chi connectivity index (χ1v) is 13.0. The van der Waals surface area contributed by atoms with Crippen molar-refractivity contribution in [2.24, 2.45) is 5.92 Å². The Morgan fingerprint density at radius 2 is 1.94 bits per heavy atom. The Kier molecular flexibility index (Phi) is 7.75. The lowest BCUT2D eigenvalue weighted by Gasteiger charge is -2.37. The largest absolute Gasteiger partial charge is 0.487 e. The first-order chi connectivity index (χ1) is 16.8. The van der Waals surface area contributed by atoms with Crippen molar-refractivity contribution in [3.8, 4) is 16.9 Å². The molecule has 0 unspecified atom stereocenters. The van der Waals surface area contributed by atoms with E-state index < -0.39 is 16.1 Å². The summed E-state index contributed by atoms with van der Waals surface area (Å²) in [5.74, 6) is 0.165. The van der Waals surface area contributed by atoms with Crippen LogP contribution in [-0.4, -0.2) is 76.6 Å². The van der Waals surface area contributed by atoms with Gasteiger partial charge < -0.3 is 9.84 Å². The van der Waals surface area contributed by atoms with Crippen LogP contribution in [0.2, 0.25) is 0 Å². The molecule has 0 spiro atoms. The number of fused-ring (bicyclic) bond motifs is 1. The van der Waals surface area contributed by atoms with E-state index in [-0.39, 0.29) is 30.1 Å². The molecule has 1 aromatic carbocycles. The van der Waals surface area contributed by atoms with Crippen molar-refractivity contribution in [2.75, 3.05) is 26.7 Å². The fraction of sp³-hybridized carbons (Fsp3) is 0.400. The van der Waals surface area contributed by atoms with Gasteiger partial charge in [-0.25, -0.2) is 18.4 Å². The minimum atomic E-state index is -3.88. The number of pyridine rings is 1. The zero-order valence-electron chi connectivity index (χ0n) is 20.2. The molecule has 4 rings (SSSR count). The van der Waals surface area contributed by atoms with Crippen LogP contribution in [0.15, 0.2) is 66.3 Å². The summed E-state index contributed by atoms with van der Waals surface area (Å²) in [5, 5.41) is 9.82. The van der Waals surface area contributed by atoms with Crippen molar-refractivity contribution in [1.29, 1.82) is 0 Å². The van der Waals surface area contributed by atoms with Gasteiger partial charge in [0.15, 0.2) is 0 Å². The second kappa shape index (κ2) is 10.8. The summed E-state index contributed by atoms with van der Waals surface area (Å²) >= 11 is 0. The lowest BCUT2D eigenvalue weighted by molar-refractivity contribution is 0.0733. The Hall–Kier alpha value is -2.92. The molecule has 2 aromatic heterocycles. The van der Waals surface area contributed by atoms with Crippen LogP contribution in [-0.2, 0) is 16.6 Å². The number of aliphatic hydroxyl groups excluding tert-OH is 1. The lowest BCUT2D eigenvalue weighted by Crippen LogP contribution is -2.49. The predicted octanol–water partition coefficient (Wildman–Crippen LogP) is 2.44. The number of aliphatic hydroxyl groups is 1. The van der Waals surface area contributed by atoms with Crippen LogP contribution < -0.4 is 4.74 Å². The zero-order valence-corrected chi connectivity index (χ0v) is 21.0. The van der Waals surface area contributed by atoms with Gasteiger partial charge in [-0.15, -0.1) is 0 Å².